The van der Waals surface area contributed by atoms with E-state index in [9.17, 15) is 9.59 Å². The van der Waals surface area contributed by atoms with Gasteiger partial charge in [0, 0.05) is 24.7 Å². The van der Waals surface area contributed by atoms with E-state index in [0.717, 1.165) is 24.2 Å². The van der Waals surface area contributed by atoms with Gasteiger partial charge in [-0.2, -0.15) is 0 Å². The second-order valence-corrected chi connectivity index (χ2v) is 7.07. The molecule has 4 rings (SSSR count). The van der Waals surface area contributed by atoms with Crippen LogP contribution < -0.4 is 5.32 Å². The monoisotopic (exact) mass is 370 g/mol. The molecule has 1 saturated heterocycles. The maximum Gasteiger partial charge on any atom is 0.257 e. The molecule has 1 fully saturated rings. The van der Waals surface area contributed by atoms with E-state index >= 15 is 0 Å². The van der Waals surface area contributed by atoms with Crippen LogP contribution in [0, 0.1) is 5.92 Å². The molecule has 0 radical (unpaired) electrons. The number of furan rings is 1. The first-order chi connectivity index (χ1) is 12.7. The quantitative estimate of drug-likeness (QED) is 0.738. The normalized spacial score (nSPS) is 17.2. The van der Waals surface area contributed by atoms with Crippen LogP contribution in [0.25, 0.3) is 11.4 Å². The molecule has 0 aliphatic carbocycles. The van der Waals surface area contributed by atoms with Gasteiger partial charge in [-0.1, -0.05) is 0 Å². The first kappa shape index (κ1) is 16.6. The summed E-state index contributed by atoms with van der Waals surface area (Å²) in [5, 5.41) is 5.35. The van der Waals surface area contributed by atoms with Gasteiger partial charge in [0.15, 0.2) is 5.13 Å². The number of hydrogen-bond acceptors (Lipinski definition) is 5. The van der Waals surface area contributed by atoms with Gasteiger partial charge in [-0.25, -0.2) is 4.98 Å². The molecule has 2 N–H and O–H groups in total. The molecule has 1 atom stereocenters. The van der Waals surface area contributed by atoms with Crippen molar-refractivity contribution in [3.05, 3.63) is 47.9 Å². The molecule has 0 saturated carbocycles. The largest absolute Gasteiger partial charge is 0.472 e. The number of aromatic nitrogens is 2. The van der Waals surface area contributed by atoms with Crippen molar-refractivity contribution in [1.29, 1.82) is 0 Å². The number of anilines is 1. The summed E-state index contributed by atoms with van der Waals surface area (Å²) in [6.45, 7) is 1.06. The van der Waals surface area contributed by atoms with E-state index in [-0.39, 0.29) is 17.7 Å². The van der Waals surface area contributed by atoms with Gasteiger partial charge in [0.1, 0.15) is 6.26 Å². The van der Waals surface area contributed by atoms with Gasteiger partial charge < -0.3 is 19.6 Å². The van der Waals surface area contributed by atoms with Gasteiger partial charge in [-0.05, 0) is 31.0 Å². The van der Waals surface area contributed by atoms with E-state index in [1.807, 2.05) is 23.7 Å². The minimum atomic E-state index is -0.238. The molecule has 7 nitrogen and oxygen atoms in total. The Balaban J connectivity index is 1.39. The number of carbonyl (C=O) groups excluding carboxylic acids is 2. The van der Waals surface area contributed by atoms with Crippen LogP contribution in [0.3, 0.4) is 0 Å². The number of piperidine rings is 1. The molecular formula is C18H18N4O3S. The van der Waals surface area contributed by atoms with Crippen molar-refractivity contribution >= 4 is 28.3 Å². The number of nitrogens with zero attached hydrogens (tertiary/aromatic N) is 2. The lowest BCUT2D eigenvalue weighted by molar-refractivity contribution is -0.121. The molecule has 0 unspecified atom stereocenters. The van der Waals surface area contributed by atoms with Crippen LogP contribution in [0.1, 0.15) is 23.2 Å². The van der Waals surface area contributed by atoms with Crippen molar-refractivity contribution in [2.75, 3.05) is 18.4 Å². The summed E-state index contributed by atoms with van der Waals surface area (Å²) >= 11 is 1.39. The third kappa shape index (κ3) is 3.41. The molecule has 4 heterocycles. The molecule has 1 aliphatic rings. The summed E-state index contributed by atoms with van der Waals surface area (Å²) in [4.78, 5) is 34.3. The highest BCUT2D eigenvalue weighted by Gasteiger charge is 2.29. The van der Waals surface area contributed by atoms with E-state index in [2.05, 4.69) is 15.3 Å². The van der Waals surface area contributed by atoms with Crippen LogP contribution in [0.4, 0.5) is 5.13 Å². The third-order valence-electron chi connectivity index (χ3n) is 4.46. The minimum absolute atomic E-state index is 0.0953. The molecule has 3 aromatic heterocycles. The molecule has 0 spiro atoms. The Labute approximate surface area is 154 Å². The average Bonchev–Trinajstić information content (AvgIpc) is 3.42. The SMILES string of the molecule is O=C(Nc1nc(-c2ccc[nH]2)cs1)[C@H]1CCCN(C(=O)c2ccoc2)C1. The molecule has 2 amide bonds. The first-order valence-electron chi connectivity index (χ1n) is 8.42. The first-order valence-corrected chi connectivity index (χ1v) is 9.30. The fourth-order valence-electron chi connectivity index (χ4n) is 3.10. The number of H-pyrrole nitrogens is 1. The molecule has 8 heteroatoms. The zero-order valence-corrected chi connectivity index (χ0v) is 14.8. The lowest BCUT2D eigenvalue weighted by atomic mass is 9.97. The number of carbonyl (C=O) groups is 2. The molecule has 26 heavy (non-hydrogen) atoms. The number of likely N-dealkylation sites (tertiary alicyclic amines) is 1. The summed E-state index contributed by atoms with van der Waals surface area (Å²) < 4.78 is 4.98. The maximum atomic E-state index is 12.6. The standard InChI is InChI=1S/C18H18N4O3S/c23-16(21-18-20-15(11-26-18)14-4-1-6-19-14)12-3-2-7-22(9-12)17(24)13-5-8-25-10-13/h1,4-6,8,10-12,19H,2-3,7,9H2,(H,20,21,23)/t12-/m0/s1. The number of aromatic amines is 1. The summed E-state index contributed by atoms with van der Waals surface area (Å²) in [7, 11) is 0. The predicted molar refractivity (Wildman–Crippen MR) is 97.9 cm³/mol. The van der Waals surface area contributed by atoms with E-state index in [1.54, 1.807) is 11.0 Å². The van der Waals surface area contributed by atoms with Crippen LogP contribution >= 0.6 is 11.3 Å². The second-order valence-electron chi connectivity index (χ2n) is 6.21. The van der Waals surface area contributed by atoms with Crippen molar-refractivity contribution in [3.8, 4) is 11.4 Å². The summed E-state index contributed by atoms with van der Waals surface area (Å²) in [6, 6.07) is 5.48. The Morgan fingerprint density at radius 3 is 3.08 bits per heavy atom. The number of nitrogens with one attached hydrogen (secondary N) is 2. The highest BCUT2D eigenvalue weighted by molar-refractivity contribution is 7.14. The zero-order chi connectivity index (χ0) is 17.9. The number of rotatable bonds is 4. The number of hydrogen-bond donors (Lipinski definition) is 2. The highest BCUT2D eigenvalue weighted by atomic mass is 32.1. The van der Waals surface area contributed by atoms with Crippen molar-refractivity contribution < 1.29 is 14.0 Å². The van der Waals surface area contributed by atoms with Gasteiger partial charge in [0.25, 0.3) is 5.91 Å². The number of amides is 2. The molecule has 3 aromatic rings. The molecule has 1 aliphatic heterocycles. The fourth-order valence-corrected chi connectivity index (χ4v) is 3.81. The van der Waals surface area contributed by atoms with Gasteiger partial charge in [-0.3, -0.25) is 9.59 Å². The summed E-state index contributed by atoms with van der Waals surface area (Å²) in [5.41, 5.74) is 2.23. The Hall–Kier alpha value is -2.87. The Bertz CT molecular complexity index is 886. The lowest BCUT2D eigenvalue weighted by Crippen LogP contribution is -2.43. The fraction of sp³-hybridized carbons (Fsp3) is 0.278. The van der Waals surface area contributed by atoms with Crippen LogP contribution in [-0.2, 0) is 4.79 Å². The molecule has 0 bridgehead atoms. The molecule has 0 aromatic carbocycles. The van der Waals surface area contributed by atoms with Crippen LogP contribution in [0.5, 0.6) is 0 Å². The Morgan fingerprint density at radius 1 is 1.38 bits per heavy atom. The van der Waals surface area contributed by atoms with Crippen molar-refractivity contribution in [1.82, 2.24) is 14.9 Å². The Morgan fingerprint density at radius 2 is 2.31 bits per heavy atom. The highest BCUT2D eigenvalue weighted by Crippen LogP contribution is 2.25. The van der Waals surface area contributed by atoms with Crippen molar-refractivity contribution in [2.45, 2.75) is 12.8 Å². The van der Waals surface area contributed by atoms with Gasteiger partial charge in [0.05, 0.1) is 29.1 Å². The minimum Gasteiger partial charge on any atom is -0.472 e. The van der Waals surface area contributed by atoms with E-state index in [1.165, 1.54) is 23.9 Å². The maximum absolute atomic E-state index is 12.6. The molecule has 134 valence electrons. The second kappa shape index (κ2) is 7.17. The van der Waals surface area contributed by atoms with Gasteiger partial charge >= 0.3 is 0 Å². The topological polar surface area (TPSA) is 91.2 Å². The summed E-state index contributed by atoms with van der Waals surface area (Å²) in [5.74, 6) is -0.431. The van der Waals surface area contributed by atoms with E-state index in [0.29, 0.717) is 23.8 Å². The Kier molecular flexibility index (Phi) is 4.57. The van der Waals surface area contributed by atoms with Crippen LogP contribution in [-0.4, -0.2) is 39.8 Å². The third-order valence-corrected chi connectivity index (χ3v) is 5.21. The van der Waals surface area contributed by atoms with Gasteiger partial charge in [-0.15, -0.1) is 11.3 Å². The van der Waals surface area contributed by atoms with E-state index in [4.69, 9.17) is 4.42 Å². The lowest BCUT2D eigenvalue weighted by Gasteiger charge is -2.31. The van der Waals surface area contributed by atoms with Crippen molar-refractivity contribution in [2.24, 2.45) is 5.92 Å². The van der Waals surface area contributed by atoms with Crippen LogP contribution in [0.2, 0.25) is 0 Å². The van der Waals surface area contributed by atoms with E-state index < -0.39 is 0 Å². The number of thiazole rings is 1. The smallest absolute Gasteiger partial charge is 0.257 e. The van der Waals surface area contributed by atoms with Gasteiger partial charge in [0.2, 0.25) is 5.91 Å². The van der Waals surface area contributed by atoms with Crippen LogP contribution in [0.15, 0.2) is 46.7 Å². The predicted octanol–water partition coefficient (Wildman–Crippen LogP) is 3.22. The molecular weight excluding hydrogens is 352 g/mol. The average molecular weight is 370 g/mol. The zero-order valence-electron chi connectivity index (χ0n) is 14.0. The summed E-state index contributed by atoms with van der Waals surface area (Å²) in [6.07, 6.45) is 6.30. The van der Waals surface area contributed by atoms with Crippen molar-refractivity contribution in [3.63, 3.8) is 0 Å².